The van der Waals surface area contributed by atoms with Crippen molar-refractivity contribution in [1.82, 2.24) is 19.1 Å². The van der Waals surface area contributed by atoms with Gasteiger partial charge in [-0.15, -0.1) is 0 Å². The van der Waals surface area contributed by atoms with E-state index >= 15 is 0 Å². The molecule has 0 saturated carbocycles. The highest BCUT2D eigenvalue weighted by Gasteiger charge is 2.18. The third kappa shape index (κ3) is 5.02. The van der Waals surface area contributed by atoms with E-state index in [1.165, 1.54) is 43.5 Å². The van der Waals surface area contributed by atoms with E-state index in [0.717, 1.165) is 61.1 Å². The summed E-state index contributed by atoms with van der Waals surface area (Å²) in [5.41, 5.74) is 13.1. The van der Waals surface area contributed by atoms with Gasteiger partial charge in [-0.1, -0.05) is 152 Å². The third-order valence-corrected chi connectivity index (χ3v) is 11.7. The Hall–Kier alpha value is -7.82. The van der Waals surface area contributed by atoms with Crippen molar-refractivity contribution in [3.8, 4) is 45.1 Å². The quantitative estimate of drug-likeness (QED) is 0.165. The summed E-state index contributed by atoms with van der Waals surface area (Å²) in [6.45, 7) is 0. The van der Waals surface area contributed by atoms with Crippen LogP contribution >= 0.6 is 0 Å². The molecule has 3 aromatic heterocycles. The maximum absolute atomic E-state index is 5.34. The largest absolute Gasteiger partial charge is 0.309 e. The summed E-state index contributed by atoms with van der Waals surface area (Å²) < 4.78 is 4.78. The zero-order valence-corrected chi connectivity index (χ0v) is 31.4. The second-order valence-corrected chi connectivity index (χ2v) is 15.0. The lowest BCUT2D eigenvalue weighted by Crippen LogP contribution is -1.98. The Morgan fingerprint density at radius 3 is 1.53 bits per heavy atom. The third-order valence-electron chi connectivity index (χ3n) is 11.7. The highest BCUT2D eigenvalue weighted by atomic mass is 15.0. The maximum atomic E-state index is 5.34. The molecule has 12 aromatic rings. The van der Waals surface area contributed by atoms with Gasteiger partial charge in [-0.3, -0.25) is 0 Å². The fourth-order valence-electron chi connectivity index (χ4n) is 9.05. The molecule has 0 bridgehead atoms. The van der Waals surface area contributed by atoms with E-state index in [9.17, 15) is 0 Å². The van der Waals surface area contributed by atoms with Gasteiger partial charge in [0, 0.05) is 49.4 Å². The molecule has 0 spiro atoms. The molecule has 0 amide bonds. The number of nitrogens with zero attached hydrogens (tertiary/aromatic N) is 4. The zero-order chi connectivity index (χ0) is 38.2. The van der Waals surface area contributed by atoms with Crippen molar-refractivity contribution in [3.63, 3.8) is 0 Å². The Morgan fingerprint density at radius 2 is 0.845 bits per heavy atom. The Morgan fingerprint density at radius 1 is 0.310 bits per heavy atom. The van der Waals surface area contributed by atoms with Crippen molar-refractivity contribution in [1.29, 1.82) is 0 Å². The molecule has 0 atom stereocenters. The van der Waals surface area contributed by atoms with Gasteiger partial charge < -0.3 is 9.13 Å². The molecule has 0 N–H and O–H groups in total. The molecule has 12 rings (SSSR count). The zero-order valence-electron chi connectivity index (χ0n) is 31.4. The molecule has 0 fully saturated rings. The molecule has 58 heavy (non-hydrogen) atoms. The minimum absolute atomic E-state index is 0.701. The lowest BCUT2D eigenvalue weighted by Gasteiger charge is -2.14. The average molecular weight is 739 g/mol. The predicted octanol–water partition coefficient (Wildman–Crippen LogP) is 14.0. The first-order valence-corrected chi connectivity index (χ1v) is 19.7. The van der Waals surface area contributed by atoms with Crippen LogP contribution in [0, 0.1) is 0 Å². The molecule has 0 unspecified atom stereocenters. The van der Waals surface area contributed by atoms with Crippen LogP contribution in [0.25, 0.3) is 110 Å². The molecule has 9 aromatic carbocycles. The number of hydrogen-bond acceptors (Lipinski definition) is 2. The summed E-state index contributed by atoms with van der Waals surface area (Å²) >= 11 is 0. The van der Waals surface area contributed by atoms with Crippen molar-refractivity contribution in [3.05, 3.63) is 206 Å². The van der Waals surface area contributed by atoms with Gasteiger partial charge in [0.1, 0.15) is 0 Å². The Kier molecular flexibility index (Phi) is 7.20. The van der Waals surface area contributed by atoms with Crippen LogP contribution in [-0.2, 0) is 0 Å². The van der Waals surface area contributed by atoms with Crippen LogP contribution in [0.1, 0.15) is 0 Å². The van der Waals surface area contributed by atoms with Gasteiger partial charge in [0.05, 0.1) is 33.3 Å². The highest BCUT2D eigenvalue weighted by Crippen LogP contribution is 2.39. The van der Waals surface area contributed by atoms with Crippen LogP contribution in [0.15, 0.2) is 206 Å². The van der Waals surface area contributed by atoms with E-state index in [1.807, 2.05) is 0 Å². The molecule has 4 heteroatoms. The lowest BCUT2D eigenvalue weighted by atomic mass is 9.99. The Balaban J connectivity index is 1.04. The van der Waals surface area contributed by atoms with Gasteiger partial charge >= 0.3 is 0 Å². The van der Waals surface area contributed by atoms with Crippen molar-refractivity contribution in [2.75, 3.05) is 0 Å². The van der Waals surface area contributed by atoms with Crippen LogP contribution < -0.4 is 0 Å². The Bertz CT molecular complexity index is 3560. The standard InChI is InChI=1S/C54H34N4/c1-3-15-36(16-4-1)53-52-42-21-8-7-14-35(42)28-31-47(52)55-54(56-53)39-17-13-20-41(32-39)58-49-25-12-10-23-44(49)46-30-27-38(34-51(46)58)37-26-29-45-43-22-9-11-24-48(43)57(50(45)33-37)40-18-5-2-6-19-40/h1-34H. The fourth-order valence-corrected chi connectivity index (χ4v) is 9.05. The molecule has 3 heterocycles. The van der Waals surface area contributed by atoms with E-state index in [0.29, 0.717) is 5.82 Å². The second kappa shape index (κ2) is 12.9. The molecule has 270 valence electrons. The molecule has 0 aliphatic heterocycles. The fraction of sp³-hybridized carbons (Fsp3) is 0. The number of fused-ring (bicyclic) bond motifs is 9. The van der Waals surface area contributed by atoms with Crippen LogP contribution in [0.4, 0.5) is 0 Å². The number of rotatable bonds is 5. The summed E-state index contributed by atoms with van der Waals surface area (Å²) in [6.07, 6.45) is 0. The normalized spacial score (nSPS) is 11.8. The summed E-state index contributed by atoms with van der Waals surface area (Å²) in [6, 6.07) is 73.8. The molecule has 0 aliphatic rings. The molecular formula is C54H34N4. The first-order chi connectivity index (χ1) is 28.8. The van der Waals surface area contributed by atoms with Gasteiger partial charge in [0.2, 0.25) is 0 Å². The summed E-state index contributed by atoms with van der Waals surface area (Å²) in [4.78, 5) is 10.6. The molecule has 4 nitrogen and oxygen atoms in total. The van der Waals surface area contributed by atoms with Crippen molar-refractivity contribution < 1.29 is 0 Å². The van der Waals surface area contributed by atoms with Crippen molar-refractivity contribution in [2.24, 2.45) is 0 Å². The van der Waals surface area contributed by atoms with E-state index in [1.54, 1.807) is 0 Å². The van der Waals surface area contributed by atoms with E-state index in [4.69, 9.17) is 9.97 Å². The number of hydrogen-bond donors (Lipinski definition) is 0. The number of aromatic nitrogens is 4. The van der Waals surface area contributed by atoms with Crippen molar-refractivity contribution in [2.45, 2.75) is 0 Å². The maximum Gasteiger partial charge on any atom is 0.160 e. The monoisotopic (exact) mass is 738 g/mol. The van der Waals surface area contributed by atoms with E-state index < -0.39 is 0 Å². The first-order valence-electron chi connectivity index (χ1n) is 19.7. The summed E-state index contributed by atoms with van der Waals surface area (Å²) in [7, 11) is 0. The minimum Gasteiger partial charge on any atom is -0.309 e. The lowest BCUT2D eigenvalue weighted by molar-refractivity contribution is 1.17. The first kappa shape index (κ1) is 32.4. The molecule has 0 aliphatic carbocycles. The van der Waals surface area contributed by atoms with Crippen molar-refractivity contribution >= 4 is 65.3 Å². The van der Waals surface area contributed by atoms with Crippen LogP contribution in [-0.4, -0.2) is 19.1 Å². The SMILES string of the molecule is c1ccc(-c2nc(-c3cccc(-n4c5ccccc5c5ccc(-c6ccc7c8ccccc8n(-c8ccccc8)c7c6)cc54)c3)nc3ccc4ccccc4c23)cc1. The van der Waals surface area contributed by atoms with Crippen LogP contribution in [0.2, 0.25) is 0 Å². The van der Waals surface area contributed by atoms with Gasteiger partial charge in [-0.25, -0.2) is 9.97 Å². The van der Waals surface area contributed by atoms with Gasteiger partial charge in [-0.2, -0.15) is 0 Å². The number of para-hydroxylation sites is 3. The highest BCUT2D eigenvalue weighted by molar-refractivity contribution is 6.14. The topological polar surface area (TPSA) is 35.6 Å². The molecule has 0 radical (unpaired) electrons. The van der Waals surface area contributed by atoms with Gasteiger partial charge in [0.15, 0.2) is 5.82 Å². The summed E-state index contributed by atoms with van der Waals surface area (Å²) in [5, 5.41) is 8.33. The van der Waals surface area contributed by atoms with E-state index in [2.05, 4.69) is 215 Å². The predicted molar refractivity (Wildman–Crippen MR) is 242 cm³/mol. The number of benzene rings is 9. The van der Waals surface area contributed by atoms with E-state index in [-0.39, 0.29) is 0 Å². The van der Waals surface area contributed by atoms with Gasteiger partial charge in [-0.05, 0) is 76.5 Å². The average Bonchev–Trinajstić information content (AvgIpc) is 3.81. The molecular weight excluding hydrogens is 705 g/mol. The molecule has 0 saturated heterocycles. The van der Waals surface area contributed by atoms with Crippen LogP contribution in [0.5, 0.6) is 0 Å². The van der Waals surface area contributed by atoms with Gasteiger partial charge in [0.25, 0.3) is 0 Å². The smallest absolute Gasteiger partial charge is 0.160 e. The summed E-state index contributed by atoms with van der Waals surface area (Å²) in [5.74, 6) is 0.701. The minimum atomic E-state index is 0.701. The Labute approximate surface area is 334 Å². The second-order valence-electron chi connectivity index (χ2n) is 15.0. The van der Waals surface area contributed by atoms with Crippen LogP contribution in [0.3, 0.4) is 0 Å².